The minimum Gasteiger partial charge on any atom is -0.324 e. The lowest BCUT2D eigenvalue weighted by atomic mass is 9.82. The van der Waals surface area contributed by atoms with E-state index in [0.717, 1.165) is 37.8 Å². The highest BCUT2D eigenvalue weighted by Crippen LogP contribution is 2.28. The van der Waals surface area contributed by atoms with Gasteiger partial charge in [-0.25, -0.2) is 4.68 Å². The fourth-order valence-electron chi connectivity index (χ4n) is 2.85. The van der Waals surface area contributed by atoms with E-state index in [-0.39, 0.29) is 5.91 Å². The van der Waals surface area contributed by atoms with E-state index < -0.39 is 5.54 Å². The molecule has 1 aromatic carbocycles. The zero-order valence-corrected chi connectivity index (χ0v) is 13.0. The fraction of sp³-hybridized carbons (Fsp3) is 0.375. The number of anilines is 1. The summed E-state index contributed by atoms with van der Waals surface area (Å²) in [6.07, 6.45) is 8.13. The van der Waals surface area contributed by atoms with Crippen molar-refractivity contribution in [3.05, 3.63) is 41.7 Å². The Hall–Kier alpha value is -1.85. The second-order valence-electron chi connectivity index (χ2n) is 5.79. The number of nitrogens with one attached hydrogen (secondary N) is 1. The molecule has 2 aromatic rings. The van der Waals surface area contributed by atoms with Crippen molar-refractivity contribution < 1.29 is 4.79 Å². The van der Waals surface area contributed by atoms with Crippen molar-refractivity contribution in [2.24, 2.45) is 5.73 Å². The van der Waals surface area contributed by atoms with Crippen LogP contribution in [0.25, 0.3) is 5.69 Å². The molecule has 0 unspecified atom stereocenters. The molecule has 1 fully saturated rings. The maximum atomic E-state index is 12.4. The Morgan fingerprint density at radius 2 is 2.09 bits per heavy atom. The first kappa shape index (κ1) is 15.1. The number of rotatable bonds is 3. The van der Waals surface area contributed by atoms with Gasteiger partial charge in [0, 0.05) is 18.1 Å². The monoisotopic (exact) mass is 318 g/mol. The molecule has 3 rings (SSSR count). The summed E-state index contributed by atoms with van der Waals surface area (Å²) in [7, 11) is 0. The van der Waals surface area contributed by atoms with Gasteiger partial charge in [0.25, 0.3) is 0 Å². The molecule has 0 spiro atoms. The Balaban J connectivity index is 1.76. The summed E-state index contributed by atoms with van der Waals surface area (Å²) in [5.74, 6) is -0.130. The molecule has 0 bridgehead atoms. The van der Waals surface area contributed by atoms with Crippen molar-refractivity contribution in [3.63, 3.8) is 0 Å². The number of nitrogens with two attached hydrogens (primary N) is 1. The van der Waals surface area contributed by atoms with E-state index in [0.29, 0.717) is 10.7 Å². The van der Waals surface area contributed by atoms with E-state index in [1.54, 1.807) is 16.9 Å². The number of hydrogen-bond acceptors (Lipinski definition) is 3. The smallest absolute Gasteiger partial charge is 0.244 e. The van der Waals surface area contributed by atoms with Crippen LogP contribution in [0.2, 0.25) is 5.02 Å². The summed E-state index contributed by atoms with van der Waals surface area (Å²) >= 11 is 6.28. The number of nitrogens with zero attached hydrogens (tertiary/aromatic N) is 2. The average molecular weight is 319 g/mol. The Morgan fingerprint density at radius 3 is 2.73 bits per heavy atom. The number of hydrogen-bond donors (Lipinski definition) is 2. The molecule has 116 valence electrons. The minimum absolute atomic E-state index is 0.130. The number of carbonyl (C=O) groups excluding carboxylic acids is 1. The third kappa shape index (κ3) is 3.00. The van der Waals surface area contributed by atoms with Crippen molar-refractivity contribution in [3.8, 4) is 5.69 Å². The van der Waals surface area contributed by atoms with Gasteiger partial charge in [-0.3, -0.25) is 4.79 Å². The first-order valence-electron chi connectivity index (χ1n) is 7.48. The van der Waals surface area contributed by atoms with Crippen molar-refractivity contribution in [2.75, 3.05) is 5.32 Å². The third-order valence-electron chi connectivity index (χ3n) is 4.15. The van der Waals surface area contributed by atoms with Gasteiger partial charge in [0.2, 0.25) is 5.91 Å². The Morgan fingerprint density at radius 1 is 1.32 bits per heavy atom. The zero-order valence-electron chi connectivity index (χ0n) is 12.3. The van der Waals surface area contributed by atoms with E-state index in [9.17, 15) is 4.79 Å². The Bertz CT molecular complexity index is 663. The number of benzene rings is 1. The van der Waals surface area contributed by atoms with Gasteiger partial charge in [-0.05, 0) is 37.1 Å². The summed E-state index contributed by atoms with van der Waals surface area (Å²) in [5.41, 5.74) is 6.90. The van der Waals surface area contributed by atoms with Gasteiger partial charge in [0.1, 0.15) is 0 Å². The van der Waals surface area contributed by atoms with Gasteiger partial charge in [-0.15, -0.1) is 0 Å². The van der Waals surface area contributed by atoms with E-state index in [4.69, 9.17) is 17.3 Å². The standard InChI is InChI=1S/C16H19ClN4O/c17-13-11-12(5-6-14(13)21-10-4-9-19-21)20-15(22)16(18)7-2-1-3-8-16/h4-6,9-11H,1-3,7-8,18H2,(H,20,22). The molecule has 0 radical (unpaired) electrons. The molecule has 1 aliphatic rings. The summed E-state index contributed by atoms with van der Waals surface area (Å²) in [5, 5.41) is 7.56. The quantitative estimate of drug-likeness (QED) is 0.913. The van der Waals surface area contributed by atoms with Gasteiger partial charge in [0.15, 0.2) is 0 Å². The van der Waals surface area contributed by atoms with Crippen LogP contribution in [-0.2, 0) is 4.79 Å². The van der Waals surface area contributed by atoms with Gasteiger partial charge in [-0.2, -0.15) is 5.10 Å². The third-order valence-corrected chi connectivity index (χ3v) is 4.46. The molecular formula is C16H19ClN4O. The molecule has 1 heterocycles. The van der Waals surface area contributed by atoms with Crippen LogP contribution in [0, 0.1) is 0 Å². The molecule has 1 aromatic heterocycles. The van der Waals surface area contributed by atoms with Crippen molar-refractivity contribution in [2.45, 2.75) is 37.6 Å². The molecule has 1 amide bonds. The number of carbonyl (C=O) groups is 1. The molecule has 3 N–H and O–H groups in total. The highest BCUT2D eigenvalue weighted by molar-refractivity contribution is 6.32. The van der Waals surface area contributed by atoms with E-state index in [2.05, 4.69) is 10.4 Å². The normalized spacial score (nSPS) is 17.2. The van der Waals surface area contributed by atoms with Crippen LogP contribution in [0.15, 0.2) is 36.7 Å². The van der Waals surface area contributed by atoms with Crippen LogP contribution in [0.4, 0.5) is 5.69 Å². The number of amides is 1. The van der Waals surface area contributed by atoms with Crippen molar-refractivity contribution >= 4 is 23.2 Å². The molecule has 5 nitrogen and oxygen atoms in total. The number of aromatic nitrogens is 2. The number of halogens is 1. The second-order valence-corrected chi connectivity index (χ2v) is 6.19. The largest absolute Gasteiger partial charge is 0.324 e. The Kier molecular flexibility index (Phi) is 4.18. The predicted molar refractivity (Wildman–Crippen MR) is 87.2 cm³/mol. The molecule has 0 atom stereocenters. The van der Waals surface area contributed by atoms with E-state index in [1.165, 1.54) is 0 Å². The molecule has 1 saturated carbocycles. The summed E-state index contributed by atoms with van der Waals surface area (Å²) < 4.78 is 1.68. The second kappa shape index (κ2) is 6.10. The Labute approximate surface area is 134 Å². The maximum absolute atomic E-state index is 12.4. The van der Waals surface area contributed by atoms with Crippen molar-refractivity contribution in [1.82, 2.24) is 9.78 Å². The van der Waals surface area contributed by atoms with E-state index in [1.807, 2.05) is 24.4 Å². The van der Waals surface area contributed by atoms with Crippen LogP contribution >= 0.6 is 11.6 Å². The van der Waals surface area contributed by atoms with Crippen LogP contribution in [0.5, 0.6) is 0 Å². The molecule has 6 heteroatoms. The topological polar surface area (TPSA) is 72.9 Å². The SMILES string of the molecule is NC1(C(=O)Nc2ccc(-n3cccn3)c(Cl)c2)CCCCC1. The first-order valence-corrected chi connectivity index (χ1v) is 7.86. The van der Waals surface area contributed by atoms with Crippen LogP contribution in [0.1, 0.15) is 32.1 Å². The maximum Gasteiger partial charge on any atom is 0.244 e. The summed E-state index contributed by atoms with van der Waals surface area (Å²) in [6, 6.07) is 7.19. The molecule has 1 aliphatic carbocycles. The average Bonchev–Trinajstić information content (AvgIpc) is 3.02. The zero-order chi connectivity index (χ0) is 15.6. The summed E-state index contributed by atoms with van der Waals surface area (Å²) in [4.78, 5) is 12.4. The van der Waals surface area contributed by atoms with Crippen LogP contribution in [-0.4, -0.2) is 21.2 Å². The van der Waals surface area contributed by atoms with E-state index >= 15 is 0 Å². The molecule has 22 heavy (non-hydrogen) atoms. The lowest BCUT2D eigenvalue weighted by Crippen LogP contribution is -2.52. The lowest BCUT2D eigenvalue weighted by Gasteiger charge is -2.31. The fourth-order valence-corrected chi connectivity index (χ4v) is 3.11. The molecular weight excluding hydrogens is 300 g/mol. The molecule has 0 aliphatic heterocycles. The van der Waals surface area contributed by atoms with Crippen molar-refractivity contribution in [1.29, 1.82) is 0 Å². The van der Waals surface area contributed by atoms with Crippen LogP contribution < -0.4 is 11.1 Å². The first-order chi connectivity index (χ1) is 10.6. The van der Waals surface area contributed by atoms with Gasteiger partial charge in [0.05, 0.1) is 16.2 Å². The van der Waals surface area contributed by atoms with Gasteiger partial charge >= 0.3 is 0 Å². The minimum atomic E-state index is -0.759. The highest BCUT2D eigenvalue weighted by Gasteiger charge is 2.35. The van der Waals surface area contributed by atoms with Gasteiger partial charge < -0.3 is 11.1 Å². The highest BCUT2D eigenvalue weighted by atomic mass is 35.5. The lowest BCUT2D eigenvalue weighted by molar-refractivity contribution is -0.122. The summed E-state index contributed by atoms with van der Waals surface area (Å²) in [6.45, 7) is 0. The molecule has 0 saturated heterocycles. The predicted octanol–water partition coefficient (Wildman–Crippen LogP) is 3.13. The van der Waals surface area contributed by atoms with Crippen LogP contribution in [0.3, 0.4) is 0 Å². The van der Waals surface area contributed by atoms with Gasteiger partial charge in [-0.1, -0.05) is 30.9 Å².